The SMILES string of the molecule is OC(c1ccccc1)c1nnc(S)o1. The molecule has 1 unspecified atom stereocenters. The van der Waals surface area contributed by atoms with Gasteiger partial charge < -0.3 is 9.52 Å². The van der Waals surface area contributed by atoms with E-state index in [1.165, 1.54) is 0 Å². The molecule has 4 nitrogen and oxygen atoms in total. The minimum Gasteiger partial charge on any atom is -0.413 e. The van der Waals surface area contributed by atoms with Crippen molar-refractivity contribution < 1.29 is 9.52 Å². The van der Waals surface area contributed by atoms with Crippen molar-refractivity contribution in [2.75, 3.05) is 0 Å². The fraction of sp³-hybridized carbons (Fsp3) is 0.111. The molecule has 0 radical (unpaired) electrons. The van der Waals surface area contributed by atoms with Crippen LogP contribution in [0.15, 0.2) is 40.0 Å². The molecule has 0 saturated carbocycles. The van der Waals surface area contributed by atoms with Crippen LogP contribution in [0.5, 0.6) is 0 Å². The standard InChI is InChI=1S/C9H8N2O2S/c12-7(6-4-2-1-3-5-6)8-10-11-9(14)13-8/h1-5,7,12H,(H,11,14). The monoisotopic (exact) mass is 208 g/mol. The van der Waals surface area contributed by atoms with Gasteiger partial charge in [-0.05, 0) is 5.56 Å². The Morgan fingerprint density at radius 3 is 2.50 bits per heavy atom. The molecule has 72 valence electrons. The smallest absolute Gasteiger partial charge is 0.273 e. The fourth-order valence-corrected chi connectivity index (χ4v) is 1.25. The Hall–Kier alpha value is -1.33. The maximum atomic E-state index is 9.77. The molecule has 1 heterocycles. The number of hydrogen-bond donors (Lipinski definition) is 2. The van der Waals surface area contributed by atoms with Crippen molar-refractivity contribution in [2.45, 2.75) is 11.3 Å². The molecule has 0 amide bonds. The molecule has 2 rings (SSSR count). The fourth-order valence-electron chi connectivity index (χ4n) is 1.11. The quantitative estimate of drug-likeness (QED) is 0.733. The van der Waals surface area contributed by atoms with Crippen LogP contribution in [-0.4, -0.2) is 15.3 Å². The maximum absolute atomic E-state index is 9.77. The minimum absolute atomic E-state index is 0.148. The van der Waals surface area contributed by atoms with Gasteiger partial charge in [0.2, 0.25) is 5.89 Å². The molecule has 0 aliphatic rings. The van der Waals surface area contributed by atoms with E-state index in [0.717, 1.165) is 0 Å². The highest BCUT2D eigenvalue weighted by molar-refractivity contribution is 7.80. The topological polar surface area (TPSA) is 59.2 Å². The van der Waals surface area contributed by atoms with Crippen molar-refractivity contribution in [3.63, 3.8) is 0 Å². The summed E-state index contributed by atoms with van der Waals surface area (Å²) >= 11 is 3.86. The van der Waals surface area contributed by atoms with Crippen LogP contribution in [0.3, 0.4) is 0 Å². The predicted octanol–water partition coefficient (Wildman–Crippen LogP) is 1.44. The second-order valence-electron chi connectivity index (χ2n) is 2.74. The van der Waals surface area contributed by atoms with Gasteiger partial charge in [0.05, 0.1) is 0 Å². The molecule has 0 fully saturated rings. The summed E-state index contributed by atoms with van der Waals surface area (Å²) in [4.78, 5) is 0. The Balaban J connectivity index is 2.29. The van der Waals surface area contributed by atoms with Gasteiger partial charge in [-0.1, -0.05) is 43.0 Å². The number of nitrogens with zero attached hydrogens (tertiary/aromatic N) is 2. The normalized spacial score (nSPS) is 12.7. The lowest BCUT2D eigenvalue weighted by Gasteiger charge is -2.04. The van der Waals surface area contributed by atoms with E-state index in [4.69, 9.17) is 4.42 Å². The Kier molecular flexibility index (Phi) is 2.51. The van der Waals surface area contributed by atoms with Gasteiger partial charge in [-0.25, -0.2) is 0 Å². The van der Waals surface area contributed by atoms with Crippen LogP contribution in [-0.2, 0) is 0 Å². The lowest BCUT2D eigenvalue weighted by atomic mass is 10.1. The molecule has 0 saturated heterocycles. The first-order chi connectivity index (χ1) is 6.77. The van der Waals surface area contributed by atoms with E-state index in [-0.39, 0.29) is 11.1 Å². The predicted molar refractivity (Wildman–Crippen MR) is 52.1 cm³/mol. The molecule has 0 aliphatic carbocycles. The van der Waals surface area contributed by atoms with Crippen molar-refractivity contribution >= 4 is 12.6 Å². The Morgan fingerprint density at radius 2 is 1.93 bits per heavy atom. The van der Waals surface area contributed by atoms with Crippen molar-refractivity contribution in [1.29, 1.82) is 0 Å². The molecule has 0 aliphatic heterocycles. The molecule has 14 heavy (non-hydrogen) atoms. The molecular weight excluding hydrogens is 200 g/mol. The highest BCUT2D eigenvalue weighted by atomic mass is 32.1. The molecular formula is C9H8N2O2S. The number of rotatable bonds is 2. The van der Waals surface area contributed by atoms with Crippen molar-refractivity contribution in [1.82, 2.24) is 10.2 Å². The Labute approximate surface area is 86.0 Å². The number of thiol groups is 1. The second kappa shape index (κ2) is 3.81. The summed E-state index contributed by atoms with van der Waals surface area (Å²) in [7, 11) is 0. The molecule has 0 spiro atoms. The number of hydrogen-bond acceptors (Lipinski definition) is 5. The lowest BCUT2D eigenvalue weighted by Crippen LogP contribution is -1.99. The zero-order valence-corrected chi connectivity index (χ0v) is 8.06. The van der Waals surface area contributed by atoms with Crippen LogP contribution < -0.4 is 0 Å². The first-order valence-electron chi connectivity index (χ1n) is 4.03. The van der Waals surface area contributed by atoms with E-state index in [2.05, 4.69) is 22.8 Å². The summed E-state index contributed by atoms with van der Waals surface area (Å²) in [5, 5.41) is 17.1. The van der Waals surface area contributed by atoms with Gasteiger partial charge in [-0.15, -0.1) is 10.2 Å². The third-order valence-corrected chi connectivity index (χ3v) is 1.96. The van der Waals surface area contributed by atoms with E-state index in [0.29, 0.717) is 5.56 Å². The van der Waals surface area contributed by atoms with Crippen LogP contribution in [0, 0.1) is 0 Å². The van der Waals surface area contributed by atoms with E-state index in [1.54, 1.807) is 12.1 Å². The molecule has 1 atom stereocenters. The van der Waals surface area contributed by atoms with Gasteiger partial charge in [-0.2, -0.15) is 0 Å². The molecule has 2 aromatic rings. The van der Waals surface area contributed by atoms with Crippen LogP contribution in [0.25, 0.3) is 0 Å². The van der Waals surface area contributed by atoms with E-state index in [1.807, 2.05) is 18.2 Å². The number of benzene rings is 1. The van der Waals surface area contributed by atoms with Crippen LogP contribution in [0.2, 0.25) is 0 Å². The van der Waals surface area contributed by atoms with Crippen molar-refractivity contribution in [3.8, 4) is 0 Å². The van der Waals surface area contributed by atoms with Gasteiger partial charge >= 0.3 is 0 Å². The third kappa shape index (κ3) is 1.78. The highest BCUT2D eigenvalue weighted by Gasteiger charge is 2.16. The van der Waals surface area contributed by atoms with Gasteiger partial charge in [0.25, 0.3) is 5.22 Å². The Morgan fingerprint density at radius 1 is 1.21 bits per heavy atom. The molecule has 1 aromatic heterocycles. The third-order valence-electron chi connectivity index (χ3n) is 1.78. The average molecular weight is 208 g/mol. The second-order valence-corrected chi connectivity index (χ2v) is 3.12. The first kappa shape index (κ1) is 9.23. The van der Waals surface area contributed by atoms with Gasteiger partial charge in [0.1, 0.15) is 0 Å². The largest absolute Gasteiger partial charge is 0.413 e. The van der Waals surface area contributed by atoms with E-state index >= 15 is 0 Å². The number of aromatic nitrogens is 2. The van der Waals surface area contributed by atoms with Crippen molar-refractivity contribution in [3.05, 3.63) is 41.8 Å². The van der Waals surface area contributed by atoms with Crippen molar-refractivity contribution in [2.24, 2.45) is 0 Å². The summed E-state index contributed by atoms with van der Waals surface area (Å²) in [5.74, 6) is 0.154. The average Bonchev–Trinajstić information content (AvgIpc) is 2.65. The van der Waals surface area contributed by atoms with Gasteiger partial charge in [0, 0.05) is 0 Å². The van der Waals surface area contributed by atoms with Crippen LogP contribution >= 0.6 is 12.6 Å². The molecule has 5 heteroatoms. The summed E-state index contributed by atoms with van der Waals surface area (Å²) in [5.41, 5.74) is 0.712. The molecule has 1 aromatic carbocycles. The number of aliphatic hydroxyl groups excluding tert-OH is 1. The van der Waals surface area contributed by atoms with Gasteiger partial charge in [0.15, 0.2) is 6.10 Å². The molecule has 0 bridgehead atoms. The zero-order valence-electron chi connectivity index (χ0n) is 7.16. The van der Waals surface area contributed by atoms with E-state index in [9.17, 15) is 5.11 Å². The summed E-state index contributed by atoms with van der Waals surface area (Å²) in [6.45, 7) is 0. The highest BCUT2D eigenvalue weighted by Crippen LogP contribution is 2.20. The maximum Gasteiger partial charge on any atom is 0.273 e. The lowest BCUT2D eigenvalue weighted by molar-refractivity contribution is 0.176. The van der Waals surface area contributed by atoms with Crippen LogP contribution in [0.4, 0.5) is 0 Å². The van der Waals surface area contributed by atoms with E-state index < -0.39 is 6.10 Å². The first-order valence-corrected chi connectivity index (χ1v) is 4.47. The van der Waals surface area contributed by atoms with Crippen LogP contribution in [0.1, 0.15) is 17.6 Å². The molecule has 1 N–H and O–H groups in total. The van der Waals surface area contributed by atoms with Gasteiger partial charge in [-0.3, -0.25) is 0 Å². The zero-order chi connectivity index (χ0) is 9.97. The summed E-state index contributed by atoms with van der Waals surface area (Å²) in [6, 6.07) is 9.10. The number of aliphatic hydroxyl groups is 1. The summed E-state index contributed by atoms with van der Waals surface area (Å²) < 4.78 is 4.99. The Bertz CT molecular complexity index is 416. The minimum atomic E-state index is -0.885. The summed E-state index contributed by atoms with van der Waals surface area (Å²) in [6.07, 6.45) is -0.885.